The Morgan fingerprint density at radius 2 is 2.33 bits per heavy atom. The Labute approximate surface area is 72.7 Å². The third-order valence-electron chi connectivity index (χ3n) is 1.70. The van der Waals surface area contributed by atoms with E-state index < -0.39 is 0 Å². The van der Waals surface area contributed by atoms with Crippen LogP contribution in [0.4, 0.5) is 0 Å². The fourth-order valence-electron chi connectivity index (χ4n) is 1.14. The van der Waals surface area contributed by atoms with Gasteiger partial charge in [0, 0.05) is 7.11 Å². The molecule has 1 heterocycles. The molecule has 0 bridgehead atoms. The van der Waals surface area contributed by atoms with E-state index in [1.54, 1.807) is 7.11 Å². The summed E-state index contributed by atoms with van der Waals surface area (Å²) in [6.07, 6.45) is 0. The molecule has 0 aliphatic heterocycles. The van der Waals surface area contributed by atoms with Crippen LogP contribution in [0.1, 0.15) is 17.1 Å². The van der Waals surface area contributed by atoms with Crippen molar-refractivity contribution in [2.24, 2.45) is 0 Å². The fourth-order valence-corrected chi connectivity index (χ4v) is 1.14. The molecule has 12 heavy (non-hydrogen) atoms. The van der Waals surface area contributed by atoms with Gasteiger partial charge in [-0.25, -0.2) is 0 Å². The van der Waals surface area contributed by atoms with E-state index in [4.69, 9.17) is 9.15 Å². The molecule has 0 aliphatic carbocycles. The Bertz CT molecular complexity index is 243. The molecule has 0 fully saturated rings. The SMILES string of the molecule is CNCc1oc(COC)cc1C. The molecule has 0 aromatic carbocycles. The lowest BCUT2D eigenvalue weighted by Gasteiger charge is -1.95. The van der Waals surface area contributed by atoms with E-state index in [9.17, 15) is 0 Å². The van der Waals surface area contributed by atoms with Crippen LogP contribution in [-0.4, -0.2) is 14.2 Å². The number of nitrogens with one attached hydrogen (secondary N) is 1. The highest BCUT2D eigenvalue weighted by molar-refractivity contribution is 5.19. The lowest BCUT2D eigenvalue weighted by atomic mass is 10.2. The maximum absolute atomic E-state index is 5.51. The average Bonchev–Trinajstić information content (AvgIpc) is 2.34. The number of methoxy groups -OCH3 is 1. The lowest BCUT2D eigenvalue weighted by molar-refractivity contribution is 0.162. The largest absolute Gasteiger partial charge is 0.462 e. The molecule has 1 aromatic rings. The van der Waals surface area contributed by atoms with E-state index in [0.717, 1.165) is 18.1 Å². The second kappa shape index (κ2) is 4.28. The zero-order valence-electron chi connectivity index (χ0n) is 7.81. The first kappa shape index (κ1) is 9.29. The maximum atomic E-state index is 5.51. The molecule has 0 aliphatic rings. The predicted octanol–water partition coefficient (Wildman–Crippen LogP) is 1.45. The molecular weight excluding hydrogens is 154 g/mol. The van der Waals surface area contributed by atoms with Crippen LogP contribution in [0.25, 0.3) is 0 Å². The van der Waals surface area contributed by atoms with Crippen molar-refractivity contribution < 1.29 is 9.15 Å². The molecule has 1 aromatic heterocycles. The fraction of sp³-hybridized carbons (Fsp3) is 0.556. The van der Waals surface area contributed by atoms with Gasteiger partial charge in [-0.3, -0.25) is 0 Å². The van der Waals surface area contributed by atoms with Gasteiger partial charge in [0.25, 0.3) is 0 Å². The average molecular weight is 169 g/mol. The lowest BCUT2D eigenvalue weighted by Crippen LogP contribution is -2.04. The van der Waals surface area contributed by atoms with Gasteiger partial charge < -0.3 is 14.5 Å². The van der Waals surface area contributed by atoms with E-state index in [-0.39, 0.29) is 0 Å². The zero-order chi connectivity index (χ0) is 8.97. The summed E-state index contributed by atoms with van der Waals surface area (Å²) in [5, 5.41) is 3.05. The topological polar surface area (TPSA) is 34.4 Å². The van der Waals surface area contributed by atoms with Crippen molar-refractivity contribution in [1.82, 2.24) is 5.32 Å². The first-order valence-electron chi connectivity index (χ1n) is 3.99. The van der Waals surface area contributed by atoms with Crippen LogP contribution in [0, 0.1) is 6.92 Å². The Morgan fingerprint density at radius 3 is 2.92 bits per heavy atom. The standard InChI is InChI=1S/C9H15NO2/c1-7-4-8(6-11-3)12-9(7)5-10-2/h4,10H,5-6H2,1-3H3. The van der Waals surface area contributed by atoms with Crippen LogP contribution in [0.3, 0.4) is 0 Å². The summed E-state index contributed by atoms with van der Waals surface area (Å²) >= 11 is 0. The van der Waals surface area contributed by atoms with Gasteiger partial charge in [-0.15, -0.1) is 0 Å². The summed E-state index contributed by atoms with van der Waals surface area (Å²) in [5.41, 5.74) is 1.18. The van der Waals surface area contributed by atoms with Crippen molar-refractivity contribution in [2.45, 2.75) is 20.1 Å². The van der Waals surface area contributed by atoms with E-state index >= 15 is 0 Å². The highest BCUT2D eigenvalue weighted by Gasteiger charge is 2.05. The smallest absolute Gasteiger partial charge is 0.130 e. The van der Waals surface area contributed by atoms with Gasteiger partial charge in [0.05, 0.1) is 6.54 Å². The predicted molar refractivity (Wildman–Crippen MR) is 46.9 cm³/mol. The summed E-state index contributed by atoms with van der Waals surface area (Å²) in [4.78, 5) is 0. The highest BCUT2D eigenvalue weighted by atomic mass is 16.5. The summed E-state index contributed by atoms with van der Waals surface area (Å²) < 4.78 is 10.5. The normalized spacial score (nSPS) is 10.6. The van der Waals surface area contributed by atoms with Crippen LogP contribution < -0.4 is 5.32 Å². The minimum absolute atomic E-state index is 0.546. The molecule has 0 amide bonds. The van der Waals surface area contributed by atoms with Gasteiger partial charge in [0.15, 0.2) is 0 Å². The number of aryl methyl sites for hydroxylation is 1. The first-order valence-corrected chi connectivity index (χ1v) is 3.99. The second-order valence-corrected chi connectivity index (χ2v) is 2.78. The quantitative estimate of drug-likeness (QED) is 0.740. The molecule has 0 saturated carbocycles. The number of rotatable bonds is 4. The molecule has 0 unspecified atom stereocenters. The molecule has 0 radical (unpaired) electrons. The van der Waals surface area contributed by atoms with Crippen molar-refractivity contribution in [1.29, 1.82) is 0 Å². The Balaban J connectivity index is 2.70. The molecule has 68 valence electrons. The van der Waals surface area contributed by atoms with Crippen molar-refractivity contribution in [2.75, 3.05) is 14.2 Å². The summed E-state index contributed by atoms with van der Waals surface area (Å²) in [7, 11) is 3.56. The number of furan rings is 1. The van der Waals surface area contributed by atoms with E-state index in [1.807, 2.05) is 20.0 Å². The molecule has 0 saturated heterocycles. The summed E-state index contributed by atoms with van der Waals surface area (Å²) in [6, 6.07) is 2.01. The Hall–Kier alpha value is -0.800. The first-order chi connectivity index (χ1) is 5.77. The van der Waals surface area contributed by atoms with Gasteiger partial charge in [-0.1, -0.05) is 0 Å². The maximum Gasteiger partial charge on any atom is 0.130 e. The molecule has 0 spiro atoms. The van der Waals surface area contributed by atoms with Crippen molar-refractivity contribution in [3.63, 3.8) is 0 Å². The van der Waals surface area contributed by atoms with E-state index in [0.29, 0.717) is 6.61 Å². The summed E-state index contributed by atoms with van der Waals surface area (Å²) in [5.74, 6) is 1.88. The molecule has 1 rings (SSSR count). The van der Waals surface area contributed by atoms with Crippen LogP contribution in [0.15, 0.2) is 10.5 Å². The molecule has 1 N–H and O–H groups in total. The zero-order valence-corrected chi connectivity index (χ0v) is 7.81. The van der Waals surface area contributed by atoms with Gasteiger partial charge >= 0.3 is 0 Å². The van der Waals surface area contributed by atoms with Gasteiger partial charge in [0.1, 0.15) is 18.1 Å². The molecule has 3 nitrogen and oxygen atoms in total. The van der Waals surface area contributed by atoms with E-state index in [2.05, 4.69) is 5.32 Å². The minimum Gasteiger partial charge on any atom is -0.462 e. The number of hydrogen-bond acceptors (Lipinski definition) is 3. The highest BCUT2D eigenvalue weighted by Crippen LogP contribution is 2.14. The van der Waals surface area contributed by atoms with Crippen LogP contribution >= 0.6 is 0 Å². The monoisotopic (exact) mass is 169 g/mol. The van der Waals surface area contributed by atoms with Gasteiger partial charge in [-0.05, 0) is 25.6 Å². The molecule has 0 atom stereocenters. The van der Waals surface area contributed by atoms with Gasteiger partial charge in [0.2, 0.25) is 0 Å². The number of hydrogen-bond donors (Lipinski definition) is 1. The third kappa shape index (κ3) is 2.09. The number of ether oxygens (including phenoxy) is 1. The van der Waals surface area contributed by atoms with Gasteiger partial charge in [-0.2, -0.15) is 0 Å². The van der Waals surface area contributed by atoms with Crippen LogP contribution in [0.5, 0.6) is 0 Å². The third-order valence-corrected chi connectivity index (χ3v) is 1.70. The summed E-state index contributed by atoms with van der Waals surface area (Å²) in [6.45, 7) is 3.36. The van der Waals surface area contributed by atoms with Crippen LogP contribution in [-0.2, 0) is 17.9 Å². The molecular formula is C9H15NO2. The van der Waals surface area contributed by atoms with Crippen molar-refractivity contribution in [3.8, 4) is 0 Å². The van der Waals surface area contributed by atoms with Crippen LogP contribution in [0.2, 0.25) is 0 Å². The molecule has 3 heteroatoms. The Kier molecular flexibility index (Phi) is 3.31. The van der Waals surface area contributed by atoms with E-state index in [1.165, 1.54) is 5.56 Å². The van der Waals surface area contributed by atoms with Crippen molar-refractivity contribution >= 4 is 0 Å². The minimum atomic E-state index is 0.546. The Morgan fingerprint density at radius 1 is 1.58 bits per heavy atom. The van der Waals surface area contributed by atoms with Crippen molar-refractivity contribution in [3.05, 3.63) is 23.2 Å². The second-order valence-electron chi connectivity index (χ2n) is 2.78.